The molecule has 0 bridgehead atoms. The largest absolute Gasteiger partial charge is 0.380 e. The van der Waals surface area contributed by atoms with Crippen molar-refractivity contribution in [2.75, 3.05) is 5.32 Å². The second-order valence-corrected chi connectivity index (χ2v) is 8.34. The van der Waals surface area contributed by atoms with Crippen molar-refractivity contribution in [3.8, 4) is 22.4 Å². The second-order valence-electron chi connectivity index (χ2n) is 7.46. The lowest BCUT2D eigenvalue weighted by Gasteiger charge is -2.14. The van der Waals surface area contributed by atoms with Gasteiger partial charge in [0.2, 0.25) is 0 Å². The minimum absolute atomic E-state index is 0.211. The Hall–Kier alpha value is -3.57. The van der Waals surface area contributed by atoms with Gasteiger partial charge in [-0.05, 0) is 60.0 Å². The molecular weight excluding hydrogens is 405 g/mol. The highest BCUT2D eigenvalue weighted by Crippen LogP contribution is 2.35. The van der Waals surface area contributed by atoms with Gasteiger partial charge in [-0.2, -0.15) is 0 Å². The van der Waals surface area contributed by atoms with Crippen LogP contribution in [0.15, 0.2) is 84.5 Å². The molecule has 1 N–H and O–H groups in total. The van der Waals surface area contributed by atoms with Crippen molar-refractivity contribution in [2.24, 2.45) is 0 Å². The number of aromatic nitrogens is 2. The van der Waals surface area contributed by atoms with E-state index in [4.69, 9.17) is 4.98 Å². The van der Waals surface area contributed by atoms with E-state index in [1.807, 2.05) is 42.0 Å². The molecule has 0 unspecified atom stereocenters. The fourth-order valence-electron chi connectivity index (χ4n) is 3.63. The van der Waals surface area contributed by atoms with E-state index < -0.39 is 0 Å². The van der Waals surface area contributed by atoms with Crippen LogP contribution in [0.25, 0.3) is 32.6 Å². The average molecular weight is 426 g/mol. The molecule has 2 aromatic heterocycles. The van der Waals surface area contributed by atoms with Crippen LogP contribution in [-0.4, -0.2) is 9.97 Å². The Morgan fingerprint density at radius 1 is 0.903 bits per heavy atom. The van der Waals surface area contributed by atoms with Gasteiger partial charge in [0.25, 0.3) is 0 Å². The number of fused-ring (bicyclic) bond motifs is 1. The summed E-state index contributed by atoms with van der Waals surface area (Å²) < 4.78 is 15.0. The fourth-order valence-corrected chi connectivity index (χ4v) is 4.34. The molecule has 0 saturated heterocycles. The lowest BCUT2D eigenvalue weighted by molar-refractivity contribution is 0.619. The monoisotopic (exact) mass is 425 g/mol. The molecule has 0 aliphatic rings. The number of anilines is 1. The van der Waals surface area contributed by atoms with Gasteiger partial charge in [0.05, 0.1) is 33.3 Å². The highest BCUT2D eigenvalue weighted by Gasteiger charge is 2.13. The van der Waals surface area contributed by atoms with Gasteiger partial charge >= 0.3 is 0 Å². The van der Waals surface area contributed by atoms with E-state index in [2.05, 4.69) is 40.6 Å². The van der Waals surface area contributed by atoms with Gasteiger partial charge in [-0.3, -0.25) is 4.98 Å². The Morgan fingerprint density at radius 3 is 2.58 bits per heavy atom. The summed E-state index contributed by atoms with van der Waals surface area (Å²) in [5.74, 6) is -0.211. The molecule has 0 saturated carbocycles. The van der Waals surface area contributed by atoms with Crippen LogP contribution in [0.1, 0.15) is 11.1 Å². The van der Waals surface area contributed by atoms with Crippen LogP contribution in [-0.2, 0) is 6.54 Å². The number of nitrogens with one attached hydrogen (secondary N) is 1. The molecule has 0 aliphatic carbocycles. The molecule has 0 amide bonds. The van der Waals surface area contributed by atoms with Crippen LogP contribution in [0, 0.1) is 12.7 Å². The highest BCUT2D eigenvalue weighted by atomic mass is 32.1. The van der Waals surface area contributed by atoms with E-state index in [1.165, 1.54) is 11.6 Å². The fraction of sp³-hybridized carbons (Fsp3) is 0.0769. The number of halogens is 1. The third-order valence-corrected chi connectivity index (χ3v) is 6.09. The van der Waals surface area contributed by atoms with Crippen molar-refractivity contribution in [2.45, 2.75) is 13.5 Å². The van der Waals surface area contributed by atoms with Crippen LogP contribution < -0.4 is 5.32 Å². The van der Waals surface area contributed by atoms with Crippen molar-refractivity contribution < 1.29 is 4.39 Å². The molecule has 31 heavy (non-hydrogen) atoms. The zero-order valence-electron chi connectivity index (χ0n) is 17.0. The number of benzene rings is 3. The summed E-state index contributed by atoms with van der Waals surface area (Å²) in [5, 5.41) is 3.47. The normalized spacial score (nSPS) is 11.0. The summed E-state index contributed by atoms with van der Waals surface area (Å²) in [6.45, 7) is 2.49. The average Bonchev–Trinajstić information content (AvgIpc) is 3.28. The van der Waals surface area contributed by atoms with E-state index in [0.717, 1.165) is 38.3 Å². The van der Waals surface area contributed by atoms with Crippen LogP contribution in [0.2, 0.25) is 0 Å². The van der Waals surface area contributed by atoms with E-state index in [9.17, 15) is 4.39 Å². The molecule has 0 atom stereocenters. The van der Waals surface area contributed by atoms with Crippen molar-refractivity contribution in [1.82, 2.24) is 9.97 Å². The lowest BCUT2D eigenvalue weighted by Crippen LogP contribution is -2.01. The van der Waals surface area contributed by atoms with E-state index >= 15 is 0 Å². The molecule has 3 nitrogen and oxygen atoms in total. The number of pyridine rings is 1. The maximum atomic E-state index is 13.9. The number of nitrogens with zero attached hydrogens (tertiary/aromatic N) is 2. The standard InChI is InChI=1S/C26H20FN3S/c1-17-11-20(7-9-23(17)27)26-22(19-8-10-24-25(12-19)31-16-30-24)13-21(15-29-26)28-14-18-5-3-2-4-6-18/h2-13,15-16,28H,14H2,1H3. The van der Waals surface area contributed by atoms with E-state index in [1.54, 1.807) is 24.3 Å². The van der Waals surface area contributed by atoms with Gasteiger partial charge in [-0.1, -0.05) is 36.4 Å². The van der Waals surface area contributed by atoms with Crippen LogP contribution in [0.5, 0.6) is 0 Å². The summed E-state index contributed by atoms with van der Waals surface area (Å²) in [4.78, 5) is 9.16. The first-order chi connectivity index (χ1) is 15.2. The maximum Gasteiger partial charge on any atom is 0.126 e. The molecule has 0 aliphatic heterocycles. The first-order valence-electron chi connectivity index (χ1n) is 10.1. The minimum Gasteiger partial charge on any atom is -0.380 e. The Morgan fingerprint density at radius 2 is 1.74 bits per heavy atom. The minimum atomic E-state index is -0.211. The third-order valence-electron chi connectivity index (χ3n) is 5.30. The van der Waals surface area contributed by atoms with Gasteiger partial charge in [-0.25, -0.2) is 9.37 Å². The van der Waals surface area contributed by atoms with Crippen LogP contribution in [0.3, 0.4) is 0 Å². The Balaban J connectivity index is 1.58. The molecular formula is C26H20FN3S. The molecule has 0 fully saturated rings. The maximum absolute atomic E-state index is 13.9. The van der Waals surface area contributed by atoms with Gasteiger partial charge in [0.15, 0.2) is 0 Å². The summed E-state index contributed by atoms with van der Waals surface area (Å²) in [5.41, 5.74) is 9.37. The van der Waals surface area contributed by atoms with E-state index in [-0.39, 0.29) is 5.82 Å². The smallest absolute Gasteiger partial charge is 0.126 e. The summed E-state index contributed by atoms with van der Waals surface area (Å²) in [6.07, 6.45) is 1.84. The Bertz CT molecular complexity index is 1360. The van der Waals surface area contributed by atoms with Crippen molar-refractivity contribution >= 4 is 27.2 Å². The summed E-state index contributed by atoms with van der Waals surface area (Å²) in [6, 6.07) is 23.8. The van der Waals surface area contributed by atoms with E-state index in [0.29, 0.717) is 12.1 Å². The predicted molar refractivity (Wildman–Crippen MR) is 127 cm³/mol. The van der Waals surface area contributed by atoms with Gasteiger partial charge in [0.1, 0.15) is 5.82 Å². The highest BCUT2D eigenvalue weighted by molar-refractivity contribution is 7.16. The summed E-state index contributed by atoms with van der Waals surface area (Å²) in [7, 11) is 0. The van der Waals surface area contributed by atoms with Crippen molar-refractivity contribution in [1.29, 1.82) is 0 Å². The zero-order chi connectivity index (χ0) is 21.2. The number of hydrogen-bond acceptors (Lipinski definition) is 4. The Labute approximate surface area is 184 Å². The van der Waals surface area contributed by atoms with Crippen molar-refractivity contribution in [3.63, 3.8) is 0 Å². The van der Waals surface area contributed by atoms with Gasteiger partial charge in [0, 0.05) is 17.7 Å². The van der Waals surface area contributed by atoms with Crippen LogP contribution >= 0.6 is 11.3 Å². The zero-order valence-corrected chi connectivity index (χ0v) is 17.8. The number of rotatable bonds is 5. The molecule has 5 aromatic rings. The summed E-state index contributed by atoms with van der Waals surface area (Å²) >= 11 is 1.62. The molecule has 5 rings (SSSR count). The number of hydrogen-bond donors (Lipinski definition) is 1. The molecule has 152 valence electrons. The topological polar surface area (TPSA) is 37.8 Å². The molecule has 5 heteroatoms. The number of thiazole rings is 1. The predicted octanol–water partition coefficient (Wildman–Crippen LogP) is 7.08. The Kier molecular flexibility index (Phi) is 5.18. The molecule has 0 spiro atoms. The molecule has 3 aromatic carbocycles. The quantitative estimate of drug-likeness (QED) is 0.327. The first-order valence-corrected chi connectivity index (χ1v) is 10.9. The third kappa shape index (κ3) is 4.05. The SMILES string of the molecule is Cc1cc(-c2ncc(NCc3ccccc3)cc2-c2ccc3ncsc3c2)ccc1F. The lowest BCUT2D eigenvalue weighted by atomic mass is 9.97. The van der Waals surface area contributed by atoms with Crippen LogP contribution in [0.4, 0.5) is 10.1 Å². The van der Waals surface area contributed by atoms with Gasteiger partial charge in [-0.15, -0.1) is 11.3 Å². The molecule has 0 radical (unpaired) electrons. The number of aryl methyl sites for hydroxylation is 1. The van der Waals surface area contributed by atoms with Gasteiger partial charge < -0.3 is 5.32 Å². The molecule has 2 heterocycles. The van der Waals surface area contributed by atoms with Crippen molar-refractivity contribution in [3.05, 3.63) is 101 Å². The first kappa shape index (κ1) is 19.4. The second kappa shape index (κ2) is 8.28.